The fourth-order valence-corrected chi connectivity index (χ4v) is 2.54. The lowest BCUT2D eigenvalue weighted by atomic mass is 9.99. The second-order valence-corrected chi connectivity index (χ2v) is 5.64. The first-order valence-electron chi connectivity index (χ1n) is 5.97. The zero-order valence-electron chi connectivity index (χ0n) is 10.5. The molecule has 2 rings (SSSR count). The molecule has 1 nitrogen and oxygen atoms in total. The largest absolute Gasteiger partial charge is 0.313 e. The molecule has 0 bridgehead atoms. The van der Waals surface area contributed by atoms with Crippen LogP contribution >= 0.6 is 27.5 Å². The minimum atomic E-state index is -0.240. The third-order valence-electron chi connectivity index (χ3n) is 3.04. The van der Waals surface area contributed by atoms with Crippen LogP contribution in [-0.4, -0.2) is 7.05 Å². The predicted octanol–water partition coefficient (Wildman–Crippen LogP) is 4.74. The van der Waals surface area contributed by atoms with Crippen molar-refractivity contribution in [1.29, 1.82) is 0 Å². The van der Waals surface area contributed by atoms with Gasteiger partial charge in [-0.15, -0.1) is 0 Å². The first-order valence-corrected chi connectivity index (χ1v) is 7.14. The summed E-state index contributed by atoms with van der Waals surface area (Å²) >= 11 is 9.10. The van der Waals surface area contributed by atoms with E-state index in [2.05, 4.69) is 21.2 Å². The van der Waals surface area contributed by atoms with Gasteiger partial charge in [-0.05, 0) is 64.8 Å². The van der Waals surface area contributed by atoms with Gasteiger partial charge in [-0.3, -0.25) is 0 Å². The van der Waals surface area contributed by atoms with Gasteiger partial charge >= 0.3 is 0 Å². The second-order valence-electron chi connectivity index (χ2n) is 4.35. The van der Waals surface area contributed by atoms with Crippen LogP contribution in [0, 0.1) is 5.82 Å². The van der Waals surface area contributed by atoms with Crippen LogP contribution in [0.1, 0.15) is 17.2 Å². The Morgan fingerprint density at radius 3 is 2.47 bits per heavy atom. The molecule has 1 N–H and O–H groups in total. The number of halogens is 3. The number of benzene rings is 2. The van der Waals surface area contributed by atoms with Gasteiger partial charge in [0, 0.05) is 11.1 Å². The lowest BCUT2D eigenvalue weighted by molar-refractivity contribution is 0.587. The maximum Gasteiger partial charge on any atom is 0.137 e. The molecule has 0 heterocycles. The summed E-state index contributed by atoms with van der Waals surface area (Å²) in [5.41, 5.74) is 2.23. The maximum absolute atomic E-state index is 13.2. The summed E-state index contributed by atoms with van der Waals surface area (Å²) in [5.74, 6) is -0.240. The molecule has 100 valence electrons. The minimum Gasteiger partial charge on any atom is -0.313 e. The van der Waals surface area contributed by atoms with Crippen LogP contribution in [0.25, 0.3) is 0 Å². The molecular formula is C15H14BrClFN. The molecule has 0 radical (unpaired) electrons. The number of hydrogen-bond acceptors (Lipinski definition) is 1. The minimum absolute atomic E-state index is 0.176. The molecule has 0 saturated carbocycles. The number of hydrogen-bond donors (Lipinski definition) is 1. The van der Waals surface area contributed by atoms with E-state index in [1.54, 1.807) is 6.07 Å². The van der Waals surface area contributed by atoms with Gasteiger partial charge in [0.15, 0.2) is 0 Å². The van der Waals surface area contributed by atoms with E-state index in [1.165, 1.54) is 6.07 Å². The molecule has 0 amide bonds. The molecule has 2 aromatic carbocycles. The zero-order chi connectivity index (χ0) is 13.8. The van der Waals surface area contributed by atoms with Gasteiger partial charge in [-0.2, -0.15) is 0 Å². The number of rotatable bonds is 4. The SMILES string of the molecule is CNC(Cc1ccc(F)c(Br)c1)c1ccc(Cl)cc1. The molecule has 4 heteroatoms. The van der Waals surface area contributed by atoms with Gasteiger partial charge in [0.2, 0.25) is 0 Å². The molecule has 19 heavy (non-hydrogen) atoms. The smallest absolute Gasteiger partial charge is 0.137 e. The Bertz CT molecular complexity index is 557. The van der Waals surface area contributed by atoms with Crippen LogP contribution in [-0.2, 0) is 6.42 Å². The monoisotopic (exact) mass is 341 g/mol. The molecule has 0 fully saturated rings. The summed E-state index contributed by atoms with van der Waals surface area (Å²) in [6.45, 7) is 0. The van der Waals surface area contributed by atoms with Gasteiger partial charge in [0.25, 0.3) is 0 Å². The van der Waals surface area contributed by atoms with Gasteiger partial charge in [0.1, 0.15) is 5.82 Å². The Labute approximate surface area is 125 Å². The molecule has 1 unspecified atom stereocenters. The fourth-order valence-electron chi connectivity index (χ4n) is 1.98. The highest BCUT2D eigenvalue weighted by molar-refractivity contribution is 9.10. The molecular weight excluding hydrogens is 329 g/mol. The summed E-state index contributed by atoms with van der Waals surface area (Å²) in [6, 6.07) is 13.0. The average molecular weight is 343 g/mol. The number of likely N-dealkylation sites (N-methyl/N-ethyl adjacent to an activating group) is 1. The topological polar surface area (TPSA) is 12.0 Å². The van der Waals surface area contributed by atoms with E-state index in [4.69, 9.17) is 11.6 Å². The van der Waals surface area contributed by atoms with E-state index >= 15 is 0 Å². The van der Waals surface area contributed by atoms with Crippen molar-refractivity contribution in [3.05, 3.63) is 68.9 Å². The number of nitrogens with one attached hydrogen (secondary N) is 1. The van der Waals surface area contributed by atoms with Gasteiger partial charge in [0.05, 0.1) is 4.47 Å². The standard InChI is InChI=1S/C15H14BrClFN/c1-19-15(11-3-5-12(17)6-4-11)9-10-2-7-14(18)13(16)8-10/h2-8,15,19H,9H2,1H3. The van der Waals surface area contributed by atoms with E-state index in [0.717, 1.165) is 22.6 Å². The Kier molecular flexibility index (Phi) is 4.97. The molecule has 1 atom stereocenters. The lowest BCUT2D eigenvalue weighted by Crippen LogP contribution is -2.18. The molecule has 0 aliphatic rings. The highest BCUT2D eigenvalue weighted by Gasteiger charge is 2.11. The van der Waals surface area contributed by atoms with Crippen molar-refractivity contribution in [1.82, 2.24) is 5.32 Å². The lowest BCUT2D eigenvalue weighted by Gasteiger charge is -2.17. The summed E-state index contributed by atoms with van der Waals surface area (Å²) in [5, 5.41) is 3.99. The van der Waals surface area contributed by atoms with Gasteiger partial charge in [-0.1, -0.05) is 29.8 Å². The van der Waals surface area contributed by atoms with Crippen molar-refractivity contribution in [2.24, 2.45) is 0 Å². The van der Waals surface area contributed by atoms with Gasteiger partial charge < -0.3 is 5.32 Å². The Morgan fingerprint density at radius 2 is 1.89 bits per heavy atom. The van der Waals surface area contributed by atoms with Crippen molar-refractivity contribution in [2.75, 3.05) is 7.05 Å². The van der Waals surface area contributed by atoms with E-state index in [1.807, 2.05) is 37.4 Å². The molecule has 0 saturated heterocycles. The summed E-state index contributed by atoms with van der Waals surface area (Å²) in [7, 11) is 1.91. The van der Waals surface area contributed by atoms with E-state index in [-0.39, 0.29) is 11.9 Å². The first-order chi connectivity index (χ1) is 9.10. The summed E-state index contributed by atoms with van der Waals surface area (Å²) in [4.78, 5) is 0. The normalized spacial score (nSPS) is 12.4. The quantitative estimate of drug-likeness (QED) is 0.846. The highest BCUT2D eigenvalue weighted by Crippen LogP contribution is 2.23. The van der Waals surface area contributed by atoms with Crippen LogP contribution in [0.4, 0.5) is 4.39 Å². The average Bonchev–Trinajstić information content (AvgIpc) is 2.41. The molecule has 2 aromatic rings. The van der Waals surface area contributed by atoms with E-state index < -0.39 is 0 Å². The van der Waals surface area contributed by atoms with Crippen LogP contribution < -0.4 is 5.32 Å². The molecule has 0 spiro atoms. The van der Waals surface area contributed by atoms with Crippen LogP contribution in [0.5, 0.6) is 0 Å². The Balaban J connectivity index is 2.18. The first kappa shape index (κ1) is 14.5. The molecule has 0 aromatic heterocycles. The van der Waals surface area contributed by atoms with Crippen molar-refractivity contribution in [3.8, 4) is 0 Å². The van der Waals surface area contributed by atoms with Crippen LogP contribution in [0.2, 0.25) is 5.02 Å². The van der Waals surface area contributed by atoms with Crippen molar-refractivity contribution in [3.63, 3.8) is 0 Å². The Morgan fingerprint density at radius 1 is 1.21 bits per heavy atom. The van der Waals surface area contributed by atoms with E-state index in [0.29, 0.717) is 4.47 Å². The van der Waals surface area contributed by atoms with Crippen LogP contribution in [0.15, 0.2) is 46.9 Å². The summed E-state index contributed by atoms with van der Waals surface area (Å²) in [6.07, 6.45) is 0.789. The van der Waals surface area contributed by atoms with Crippen molar-refractivity contribution < 1.29 is 4.39 Å². The highest BCUT2D eigenvalue weighted by atomic mass is 79.9. The zero-order valence-corrected chi connectivity index (χ0v) is 12.8. The Hall–Kier alpha value is -0.900. The summed E-state index contributed by atoms with van der Waals surface area (Å²) < 4.78 is 13.7. The van der Waals surface area contributed by atoms with Crippen molar-refractivity contribution in [2.45, 2.75) is 12.5 Å². The van der Waals surface area contributed by atoms with E-state index in [9.17, 15) is 4.39 Å². The third kappa shape index (κ3) is 3.78. The van der Waals surface area contributed by atoms with Crippen LogP contribution in [0.3, 0.4) is 0 Å². The predicted molar refractivity (Wildman–Crippen MR) is 81.1 cm³/mol. The maximum atomic E-state index is 13.2. The molecule has 0 aliphatic heterocycles. The molecule has 0 aliphatic carbocycles. The van der Waals surface area contributed by atoms with Gasteiger partial charge in [-0.25, -0.2) is 4.39 Å². The third-order valence-corrected chi connectivity index (χ3v) is 3.90. The fraction of sp³-hybridized carbons (Fsp3) is 0.200. The second kappa shape index (κ2) is 6.51. The van der Waals surface area contributed by atoms with Crippen molar-refractivity contribution >= 4 is 27.5 Å².